The lowest BCUT2D eigenvalue weighted by atomic mass is 9.98. The number of rotatable bonds is 4. The van der Waals surface area contributed by atoms with Gasteiger partial charge >= 0.3 is 0 Å². The van der Waals surface area contributed by atoms with Crippen LogP contribution in [0.5, 0.6) is 5.88 Å². The quantitative estimate of drug-likeness (QED) is 0.775. The second-order valence-corrected chi connectivity index (χ2v) is 6.47. The summed E-state index contributed by atoms with van der Waals surface area (Å²) < 4.78 is 21.3. The molecule has 1 N–H and O–H groups in total. The van der Waals surface area contributed by atoms with Gasteiger partial charge in [-0.1, -0.05) is 6.07 Å². The highest BCUT2D eigenvalue weighted by atomic mass is 19.1. The van der Waals surface area contributed by atoms with Crippen molar-refractivity contribution in [2.75, 3.05) is 6.61 Å². The zero-order chi connectivity index (χ0) is 18.3. The molecule has 3 aromatic rings. The van der Waals surface area contributed by atoms with Crippen LogP contribution >= 0.6 is 0 Å². The van der Waals surface area contributed by atoms with Crippen LogP contribution in [0.2, 0.25) is 0 Å². The van der Waals surface area contributed by atoms with E-state index in [1.165, 1.54) is 16.9 Å². The van der Waals surface area contributed by atoms with Crippen molar-refractivity contribution in [3.8, 4) is 17.1 Å². The highest BCUT2D eigenvalue weighted by Gasteiger charge is 2.21. The van der Waals surface area contributed by atoms with Gasteiger partial charge in [0.15, 0.2) is 0 Å². The highest BCUT2D eigenvalue weighted by Crippen LogP contribution is 2.31. The van der Waals surface area contributed by atoms with E-state index in [0.29, 0.717) is 35.5 Å². The zero-order valence-corrected chi connectivity index (χ0v) is 14.7. The molecular formula is C18H20FN5O2. The van der Waals surface area contributed by atoms with Crippen LogP contribution in [0.15, 0.2) is 24.3 Å². The minimum atomic E-state index is -0.742. The number of aromatic nitrogens is 5. The molecule has 7 nitrogen and oxygen atoms in total. The summed E-state index contributed by atoms with van der Waals surface area (Å²) in [7, 11) is 1.72. The fourth-order valence-electron chi connectivity index (χ4n) is 3.25. The van der Waals surface area contributed by atoms with E-state index in [-0.39, 0.29) is 5.82 Å². The number of aliphatic hydroxyl groups is 1. The molecular weight excluding hydrogens is 337 g/mol. The van der Waals surface area contributed by atoms with Crippen molar-refractivity contribution >= 4 is 0 Å². The highest BCUT2D eigenvalue weighted by molar-refractivity contribution is 5.66. The Hall–Kier alpha value is -2.74. The number of ether oxygens (including phenoxy) is 1. The van der Waals surface area contributed by atoms with Crippen LogP contribution in [0.1, 0.15) is 36.4 Å². The van der Waals surface area contributed by atoms with Crippen LogP contribution in [0.3, 0.4) is 0 Å². The van der Waals surface area contributed by atoms with E-state index < -0.39 is 6.10 Å². The summed E-state index contributed by atoms with van der Waals surface area (Å²) in [6, 6.07) is 6.20. The molecule has 0 fully saturated rings. The molecule has 136 valence electrons. The van der Waals surface area contributed by atoms with E-state index in [1.807, 2.05) is 10.7 Å². The van der Waals surface area contributed by atoms with Gasteiger partial charge in [0.2, 0.25) is 5.88 Å². The standard InChI is InChI=1S/C18H20FN5O2/c1-11(25)14-5-4-12(19)8-15(14)18-16(21-23(2)22-18)9-13-10-17-24(20-13)6-3-7-26-17/h4-5,8,10-11,25H,3,6-7,9H2,1-2H3/t11-/m1/s1. The van der Waals surface area contributed by atoms with E-state index in [9.17, 15) is 9.50 Å². The topological polar surface area (TPSA) is 78.0 Å². The van der Waals surface area contributed by atoms with Crippen molar-refractivity contribution in [1.82, 2.24) is 24.8 Å². The molecule has 1 aliphatic rings. The Kier molecular flexibility index (Phi) is 4.20. The summed E-state index contributed by atoms with van der Waals surface area (Å²) >= 11 is 0. The third kappa shape index (κ3) is 3.08. The maximum atomic E-state index is 13.8. The Bertz CT molecular complexity index is 924. The van der Waals surface area contributed by atoms with E-state index in [1.54, 1.807) is 20.0 Å². The van der Waals surface area contributed by atoms with E-state index in [4.69, 9.17) is 4.74 Å². The number of halogens is 1. The van der Waals surface area contributed by atoms with Crippen LogP contribution in [-0.2, 0) is 20.0 Å². The summed E-state index contributed by atoms with van der Waals surface area (Å²) in [6.07, 6.45) is 0.641. The average Bonchev–Trinajstić information content (AvgIpc) is 3.17. The number of benzene rings is 1. The summed E-state index contributed by atoms with van der Waals surface area (Å²) in [5.41, 5.74) is 3.20. The summed E-state index contributed by atoms with van der Waals surface area (Å²) in [5.74, 6) is 0.374. The maximum Gasteiger partial charge on any atom is 0.211 e. The van der Waals surface area contributed by atoms with Gasteiger partial charge in [0.1, 0.15) is 11.5 Å². The smallest absolute Gasteiger partial charge is 0.211 e. The Balaban J connectivity index is 1.74. The molecule has 0 saturated carbocycles. The molecule has 0 amide bonds. The summed E-state index contributed by atoms with van der Waals surface area (Å²) in [5, 5.41) is 23.4. The molecule has 4 rings (SSSR count). The fraction of sp³-hybridized carbons (Fsp3) is 0.389. The molecule has 0 spiro atoms. The van der Waals surface area contributed by atoms with E-state index in [2.05, 4.69) is 15.3 Å². The maximum absolute atomic E-state index is 13.8. The number of aryl methyl sites for hydroxylation is 2. The molecule has 0 bridgehead atoms. The first-order valence-electron chi connectivity index (χ1n) is 8.59. The van der Waals surface area contributed by atoms with Crippen LogP contribution in [-0.4, -0.2) is 36.5 Å². The second kappa shape index (κ2) is 6.53. The van der Waals surface area contributed by atoms with Gasteiger partial charge in [-0.3, -0.25) is 0 Å². The first-order chi connectivity index (χ1) is 12.5. The monoisotopic (exact) mass is 357 g/mol. The van der Waals surface area contributed by atoms with Crippen molar-refractivity contribution in [2.24, 2.45) is 7.05 Å². The number of aliphatic hydroxyl groups excluding tert-OH is 1. The molecule has 0 radical (unpaired) electrons. The van der Waals surface area contributed by atoms with Gasteiger partial charge in [-0.25, -0.2) is 9.07 Å². The van der Waals surface area contributed by atoms with Crippen molar-refractivity contribution in [3.63, 3.8) is 0 Å². The van der Waals surface area contributed by atoms with Crippen LogP contribution < -0.4 is 4.74 Å². The third-order valence-electron chi connectivity index (χ3n) is 4.41. The molecule has 1 aliphatic heterocycles. The first kappa shape index (κ1) is 16.7. The Morgan fingerprint density at radius 3 is 2.88 bits per heavy atom. The largest absolute Gasteiger partial charge is 0.478 e. The molecule has 1 aromatic carbocycles. The Morgan fingerprint density at radius 1 is 1.27 bits per heavy atom. The third-order valence-corrected chi connectivity index (χ3v) is 4.41. The van der Waals surface area contributed by atoms with Crippen LogP contribution in [0.4, 0.5) is 4.39 Å². The SMILES string of the molecule is C[C@@H](O)c1ccc(F)cc1-c1nn(C)nc1Cc1cc2n(n1)CCCO2. The molecule has 3 heterocycles. The van der Waals surface area contributed by atoms with Gasteiger partial charge in [0.25, 0.3) is 0 Å². The summed E-state index contributed by atoms with van der Waals surface area (Å²) in [4.78, 5) is 1.45. The van der Waals surface area contributed by atoms with E-state index >= 15 is 0 Å². The fourth-order valence-corrected chi connectivity index (χ4v) is 3.25. The first-order valence-corrected chi connectivity index (χ1v) is 8.59. The summed E-state index contributed by atoms with van der Waals surface area (Å²) in [6.45, 7) is 3.18. The van der Waals surface area contributed by atoms with Crippen LogP contribution in [0, 0.1) is 5.82 Å². The number of nitrogens with zero attached hydrogens (tertiary/aromatic N) is 5. The van der Waals surface area contributed by atoms with Gasteiger partial charge in [-0.05, 0) is 24.6 Å². The average molecular weight is 357 g/mol. The predicted octanol–water partition coefficient (Wildman–Crippen LogP) is 2.24. The molecule has 2 aromatic heterocycles. The lowest BCUT2D eigenvalue weighted by molar-refractivity contribution is 0.199. The zero-order valence-electron chi connectivity index (χ0n) is 14.7. The van der Waals surface area contributed by atoms with Crippen molar-refractivity contribution < 1.29 is 14.2 Å². The van der Waals surface area contributed by atoms with Crippen molar-refractivity contribution in [3.05, 3.63) is 47.0 Å². The molecule has 1 atom stereocenters. The second-order valence-electron chi connectivity index (χ2n) is 6.47. The lowest BCUT2D eigenvalue weighted by Crippen LogP contribution is -2.14. The molecule has 8 heteroatoms. The molecule has 0 saturated heterocycles. The van der Waals surface area contributed by atoms with Gasteiger partial charge in [-0.15, -0.1) is 0 Å². The Morgan fingerprint density at radius 2 is 2.12 bits per heavy atom. The van der Waals surface area contributed by atoms with Crippen molar-refractivity contribution in [1.29, 1.82) is 0 Å². The number of fused-ring (bicyclic) bond motifs is 1. The molecule has 0 unspecified atom stereocenters. The molecule has 26 heavy (non-hydrogen) atoms. The number of hydrogen-bond donors (Lipinski definition) is 1. The van der Waals surface area contributed by atoms with Gasteiger partial charge in [-0.2, -0.15) is 20.1 Å². The Labute approximate surface area is 150 Å². The van der Waals surface area contributed by atoms with Gasteiger partial charge in [0.05, 0.1) is 24.1 Å². The molecule has 0 aliphatic carbocycles. The lowest BCUT2D eigenvalue weighted by Gasteiger charge is -2.13. The van der Waals surface area contributed by atoms with Crippen molar-refractivity contribution in [2.45, 2.75) is 32.4 Å². The minimum Gasteiger partial charge on any atom is -0.478 e. The van der Waals surface area contributed by atoms with Crippen LogP contribution in [0.25, 0.3) is 11.3 Å². The van der Waals surface area contributed by atoms with Gasteiger partial charge in [0, 0.05) is 38.1 Å². The van der Waals surface area contributed by atoms with Gasteiger partial charge < -0.3 is 9.84 Å². The number of hydrogen-bond acceptors (Lipinski definition) is 5. The predicted molar refractivity (Wildman–Crippen MR) is 92.2 cm³/mol. The normalized spacial score (nSPS) is 14.8. The van der Waals surface area contributed by atoms with E-state index in [0.717, 1.165) is 24.5 Å². The minimum absolute atomic E-state index is 0.383.